The molecule has 2 bridgehead atoms. The van der Waals surface area contributed by atoms with Crippen LogP contribution in [-0.4, -0.2) is 0 Å². The molecule has 0 aliphatic heterocycles. The molecule has 0 heteroatoms. The van der Waals surface area contributed by atoms with Crippen molar-refractivity contribution in [2.24, 2.45) is 11.8 Å². The Balaban J connectivity index is 1.41. The molecule has 0 amide bonds. The molecular weight excluding hydrogens is 204 g/mol. The average Bonchev–Trinajstić information content (AvgIpc) is 2.94. The van der Waals surface area contributed by atoms with Gasteiger partial charge in [0.25, 0.3) is 0 Å². The van der Waals surface area contributed by atoms with E-state index in [2.05, 4.69) is 19.1 Å². The van der Waals surface area contributed by atoms with Crippen molar-refractivity contribution < 1.29 is 0 Å². The molecule has 17 heavy (non-hydrogen) atoms. The molecule has 1 fully saturated rings. The molecule has 0 saturated heterocycles. The van der Waals surface area contributed by atoms with Gasteiger partial charge in [-0.1, -0.05) is 70.4 Å². The van der Waals surface area contributed by atoms with E-state index >= 15 is 0 Å². The first-order chi connectivity index (χ1) is 8.40. The largest absolute Gasteiger partial charge is 0.0845 e. The van der Waals surface area contributed by atoms with Gasteiger partial charge in [0, 0.05) is 0 Å². The summed E-state index contributed by atoms with van der Waals surface area (Å²) in [5.74, 6) is 3.70. The zero-order valence-electron chi connectivity index (χ0n) is 11.6. The van der Waals surface area contributed by atoms with Crippen LogP contribution in [0.4, 0.5) is 0 Å². The van der Waals surface area contributed by atoms with Gasteiger partial charge in [0.1, 0.15) is 0 Å². The minimum atomic E-state index is 0.939. The summed E-state index contributed by atoms with van der Waals surface area (Å²) in [5.41, 5.74) is 0. The molecule has 1 radical (unpaired) electrons. The second-order valence-electron chi connectivity index (χ2n) is 6.11. The van der Waals surface area contributed by atoms with Crippen LogP contribution in [0.15, 0.2) is 12.2 Å². The molecule has 2 atom stereocenters. The number of unbranched alkanes of at least 4 members (excludes halogenated alkanes) is 7. The summed E-state index contributed by atoms with van der Waals surface area (Å²) in [4.78, 5) is 0. The lowest BCUT2D eigenvalue weighted by Crippen LogP contribution is -2.06. The molecule has 2 aliphatic carbocycles. The monoisotopic (exact) mass is 233 g/mol. The summed E-state index contributed by atoms with van der Waals surface area (Å²) in [5, 5.41) is 0. The van der Waals surface area contributed by atoms with Crippen molar-refractivity contribution >= 4 is 0 Å². The van der Waals surface area contributed by atoms with E-state index in [1.165, 1.54) is 70.6 Å². The second-order valence-corrected chi connectivity index (χ2v) is 6.11. The summed E-state index contributed by atoms with van der Waals surface area (Å²) >= 11 is 0. The second kappa shape index (κ2) is 7.24. The minimum absolute atomic E-state index is 0.939. The molecule has 2 unspecified atom stereocenters. The van der Waals surface area contributed by atoms with E-state index in [9.17, 15) is 0 Å². The molecule has 0 nitrogen and oxygen atoms in total. The van der Waals surface area contributed by atoms with Crippen molar-refractivity contribution in [3.05, 3.63) is 18.1 Å². The zero-order chi connectivity index (χ0) is 11.9. The van der Waals surface area contributed by atoms with Crippen LogP contribution in [0.2, 0.25) is 0 Å². The molecule has 0 N–H and O–H groups in total. The topological polar surface area (TPSA) is 0 Å². The number of hydrogen-bond acceptors (Lipinski definition) is 0. The van der Waals surface area contributed by atoms with Gasteiger partial charge in [0.05, 0.1) is 0 Å². The lowest BCUT2D eigenvalue weighted by Gasteiger charge is -2.17. The number of allylic oxidation sites excluding steroid dienone is 2. The van der Waals surface area contributed by atoms with Crippen LogP contribution < -0.4 is 0 Å². The van der Waals surface area contributed by atoms with Crippen LogP contribution in [-0.2, 0) is 0 Å². The van der Waals surface area contributed by atoms with E-state index in [0.717, 1.165) is 11.8 Å². The Morgan fingerprint density at radius 3 is 2.24 bits per heavy atom. The predicted octanol–water partition coefficient (Wildman–Crippen LogP) is 5.69. The molecule has 2 rings (SSSR count). The van der Waals surface area contributed by atoms with Gasteiger partial charge in [-0.3, -0.25) is 0 Å². The maximum atomic E-state index is 2.47. The van der Waals surface area contributed by atoms with Crippen molar-refractivity contribution in [2.45, 2.75) is 77.6 Å². The van der Waals surface area contributed by atoms with Crippen LogP contribution in [0.5, 0.6) is 0 Å². The van der Waals surface area contributed by atoms with Gasteiger partial charge in [0.2, 0.25) is 0 Å². The molecular formula is C17H29. The van der Waals surface area contributed by atoms with Gasteiger partial charge in [-0.15, -0.1) is 0 Å². The molecule has 0 aromatic heterocycles. The molecule has 0 aromatic rings. The number of fused-ring (bicyclic) bond motifs is 2. The van der Waals surface area contributed by atoms with Crippen LogP contribution in [0, 0.1) is 17.8 Å². The van der Waals surface area contributed by atoms with E-state index in [1.807, 2.05) is 0 Å². The molecule has 97 valence electrons. The van der Waals surface area contributed by atoms with Crippen molar-refractivity contribution in [2.75, 3.05) is 0 Å². The lowest BCUT2D eigenvalue weighted by molar-refractivity contribution is 0.400. The van der Waals surface area contributed by atoms with Crippen molar-refractivity contribution in [3.8, 4) is 0 Å². The summed E-state index contributed by atoms with van der Waals surface area (Å²) in [6, 6.07) is 0. The Morgan fingerprint density at radius 2 is 1.65 bits per heavy atom. The fourth-order valence-electron chi connectivity index (χ4n) is 3.52. The number of rotatable bonds is 9. The molecule has 0 heterocycles. The highest BCUT2D eigenvalue weighted by molar-refractivity contribution is 5.26. The highest BCUT2D eigenvalue weighted by Crippen LogP contribution is 2.46. The molecule has 0 spiro atoms. The van der Waals surface area contributed by atoms with Crippen LogP contribution in [0.1, 0.15) is 77.6 Å². The lowest BCUT2D eigenvalue weighted by atomic mass is 9.88. The third-order valence-corrected chi connectivity index (χ3v) is 4.64. The van der Waals surface area contributed by atoms with Gasteiger partial charge >= 0.3 is 0 Å². The van der Waals surface area contributed by atoms with E-state index in [-0.39, 0.29) is 0 Å². The Hall–Kier alpha value is -0.260. The Labute approximate surface area is 108 Å². The third-order valence-electron chi connectivity index (χ3n) is 4.64. The standard InChI is InChI=1S/C17H29/c1-2-3-4-5-6-7-8-9-10-16-13-15-11-12-17(16)14-15/h11-12,16-17H,2-10,13-14H2,1H3. The third kappa shape index (κ3) is 4.16. The first-order valence-corrected chi connectivity index (χ1v) is 7.93. The highest BCUT2D eigenvalue weighted by atomic mass is 14.4. The van der Waals surface area contributed by atoms with Crippen molar-refractivity contribution in [1.29, 1.82) is 0 Å². The van der Waals surface area contributed by atoms with Gasteiger partial charge in [-0.05, 0) is 37.0 Å². The molecule has 2 aliphatic rings. The van der Waals surface area contributed by atoms with Crippen LogP contribution >= 0.6 is 0 Å². The van der Waals surface area contributed by atoms with Gasteiger partial charge < -0.3 is 0 Å². The van der Waals surface area contributed by atoms with E-state index < -0.39 is 0 Å². The van der Waals surface area contributed by atoms with Crippen LogP contribution in [0.3, 0.4) is 0 Å². The predicted molar refractivity (Wildman–Crippen MR) is 75.8 cm³/mol. The molecule has 0 aromatic carbocycles. The molecule has 1 saturated carbocycles. The first-order valence-electron chi connectivity index (χ1n) is 7.93. The Kier molecular flexibility index (Phi) is 5.61. The zero-order valence-corrected chi connectivity index (χ0v) is 11.6. The summed E-state index contributed by atoms with van der Waals surface area (Å²) in [6.07, 6.45) is 20.8. The summed E-state index contributed by atoms with van der Waals surface area (Å²) < 4.78 is 0. The summed E-state index contributed by atoms with van der Waals surface area (Å²) in [7, 11) is 0. The van der Waals surface area contributed by atoms with Crippen molar-refractivity contribution in [1.82, 2.24) is 0 Å². The van der Waals surface area contributed by atoms with Gasteiger partial charge in [0.15, 0.2) is 0 Å². The minimum Gasteiger partial charge on any atom is -0.0845 e. The fourth-order valence-corrected chi connectivity index (χ4v) is 3.52. The first kappa shape index (κ1) is 13.2. The van der Waals surface area contributed by atoms with Gasteiger partial charge in [-0.25, -0.2) is 0 Å². The van der Waals surface area contributed by atoms with E-state index in [4.69, 9.17) is 0 Å². The quantitative estimate of drug-likeness (QED) is 0.449. The van der Waals surface area contributed by atoms with Crippen LogP contribution in [0.25, 0.3) is 0 Å². The van der Waals surface area contributed by atoms with Crippen molar-refractivity contribution in [3.63, 3.8) is 0 Å². The van der Waals surface area contributed by atoms with E-state index in [1.54, 1.807) is 5.92 Å². The Morgan fingerprint density at radius 1 is 0.941 bits per heavy atom. The van der Waals surface area contributed by atoms with Gasteiger partial charge in [-0.2, -0.15) is 0 Å². The Bertz CT molecular complexity index is 228. The average molecular weight is 233 g/mol. The SMILES string of the molecule is CCCCCCCCCCC1C[C]2C=CC1C2. The summed E-state index contributed by atoms with van der Waals surface area (Å²) in [6.45, 7) is 2.29. The number of hydrogen-bond donors (Lipinski definition) is 0. The normalized spacial score (nSPS) is 27.1. The highest BCUT2D eigenvalue weighted by Gasteiger charge is 2.35. The maximum Gasteiger partial charge on any atom is -0.00184 e. The smallest absolute Gasteiger partial charge is 0.00184 e. The fraction of sp³-hybridized carbons (Fsp3) is 0.824. The maximum absolute atomic E-state index is 2.47. The van der Waals surface area contributed by atoms with E-state index in [0.29, 0.717) is 0 Å².